The van der Waals surface area contributed by atoms with E-state index in [0.29, 0.717) is 0 Å². The van der Waals surface area contributed by atoms with Gasteiger partial charge >= 0.3 is 0 Å². The first kappa shape index (κ1) is 11.7. The quantitative estimate of drug-likeness (QED) is 0.802. The van der Waals surface area contributed by atoms with Gasteiger partial charge in [0.1, 0.15) is 0 Å². The van der Waals surface area contributed by atoms with Crippen molar-refractivity contribution in [1.82, 2.24) is 0 Å². The van der Waals surface area contributed by atoms with E-state index in [4.69, 9.17) is 5.73 Å². The summed E-state index contributed by atoms with van der Waals surface area (Å²) < 4.78 is 0. The average molecular weight is 217 g/mol. The molecular formula is C15H23N. The van der Waals surface area contributed by atoms with Crippen LogP contribution in [0.2, 0.25) is 0 Å². The van der Waals surface area contributed by atoms with Crippen LogP contribution in [0.3, 0.4) is 0 Å². The fourth-order valence-corrected chi connectivity index (χ4v) is 2.84. The normalized spacial score (nSPS) is 30.3. The molecule has 0 heterocycles. The zero-order chi connectivity index (χ0) is 11.6. The molecule has 0 atom stereocenters. The SMILES string of the molecule is CCC1CCC(N)(c2cccc(C)c2)CC1. The average Bonchev–Trinajstić information content (AvgIpc) is 2.30. The highest BCUT2D eigenvalue weighted by molar-refractivity contribution is 5.29. The lowest BCUT2D eigenvalue weighted by molar-refractivity contribution is 0.231. The maximum absolute atomic E-state index is 6.57. The minimum Gasteiger partial charge on any atom is -0.321 e. The van der Waals surface area contributed by atoms with E-state index in [-0.39, 0.29) is 5.54 Å². The van der Waals surface area contributed by atoms with Crippen molar-refractivity contribution in [3.63, 3.8) is 0 Å². The van der Waals surface area contributed by atoms with E-state index in [1.807, 2.05) is 0 Å². The van der Waals surface area contributed by atoms with Gasteiger partial charge in [-0.1, -0.05) is 43.2 Å². The predicted octanol–water partition coefficient (Wildman–Crippen LogP) is 3.75. The molecule has 0 spiro atoms. The smallest absolute Gasteiger partial charge is 0.0409 e. The first-order chi connectivity index (χ1) is 7.64. The molecule has 2 N–H and O–H groups in total. The van der Waals surface area contributed by atoms with E-state index in [1.54, 1.807) is 0 Å². The van der Waals surface area contributed by atoms with E-state index < -0.39 is 0 Å². The zero-order valence-electron chi connectivity index (χ0n) is 10.5. The molecule has 16 heavy (non-hydrogen) atoms. The molecule has 0 bridgehead atoms. The second kappa shape index (κ2) is 4.58. The first-order valence-electron chi connectivity index (χ1n) is 6.50. The number of hydrogen-bond donors (Lipinski definition) is 1. The highest BCUT2D eigenvalue weighted by Crippen LogP contribution is 2.38. The van der Waals surface area contributed by atoms with Gasteiger partial charge in [-0.15, -0.1) is 0 Å². The van der Waals surface area contributed by atoms with E-state index in [0.717, 1.165) is 18.8 Å². The predicted molar refractivity (Wildman–Crippen MR) is 69.3 cm³/mol. The summed E-state index contributed by atoms with van der Waals surface area (Å²) in [7, 11) is 0. The van der Waals surface area contributed by atoms with Gasteiger partial charge in [0.25, 0.3) is 0 Å². The van der Waals surface area contributed by atoms with Crippen LogP contribution >= 0.6 is 0 Å². The Morgan fingerprint density at radius 1 is 1.31 bits per heavy atom. The van der Waals surface area contributed by atoms with Gasteiger partial charge in [-0.3, -0.25) is 0 Å². The third-order valence-electron chi connectivity index (χ3n) is 4.17. The molecule has 0 saturated heterocycles. The molecule has 1 nitrogen and oxygen atoms in total. The molecule has 1 fully saturated rings. The molecule has 1 aromatic carbocycles. The number of benzene rings is 1. The van der Waals surface area contributed by atoms with E-state index in [9.17, 15) is 0 Å². The Labute approximate surface area is 99.0 Å². The fraction of sp³-hybridized carbons (Fsp3) is 0.600. The Bertz CT molecular complexity index is 348. The van der Waals surface area contributed by atoms with Crippen LogP contribution in [-0.4, -0.2) is 0 Å². The third-order valence-corrected chi connectivity index (χ3v) is 4.17. The monoisotopic (exact) mass is 217 g/mol. The molecule has 1 heteroatoms. The zero-order valence-corrected chi connectivity index (χ0v) is 10.5. The Balaban J connectivity index is 2.15. The lowest BCUT2D eigenvalue weighted by Gasteiger charge is -2.37. The number of rotatable bonds is 2. The minimum absolute atomic E-state index is 0.0578. The van der Waals surface area contributed by atoms with Crippen molar-refractivity contribution in [2.75, 3.05) is 0 Å². The van der Waals surface area contributed by atoms with Crippen molar-refractivity contribution >= 4 is 0 Å². The van der Waals surface area contributed by atoms with Crippen molar-refractivity contribution in [2.45, 2.75) is 51.5 Å². The van der Waals surface area contributed by atoms with Crippen molar-refractivity contribution < 1.29 is 0 Å². The molecule has 88 valence electrons. The molecule has 0 radical (unpaired) electrons. The Hall–Kier alpha value is -0.820. The Kier molecular flexibility index (Phi) is 3.34. The third kappa shape index (κ3) is 2.30. The minimum atomic E-state index is -0.0578. The molecule has 0 unspecified atom stereocenters. The van der Waals surface area contributed by atoms with Crippen LogP contribution in [0.15, 0.2) is 24.3 Å². The molecule has 0 aromatic heterocycles. The van der Waals surface area contributed by atoms with Gasteiger partial charge in [0.15, 0.2) is 0 Å². The van der Waals surface area contributed by atoms with Gasteiger partial charge < -0.3 is 5.73 Å². The van der Waals surface area contributed by atoms with Crippen LogP contribution in [0.25, 0.3) is 0 Å². The molecule has 0 amide bonds. The topological polar surface area (TPSA) is 26.0 Å². The molecule has 2 rings (SSSR count). The summed E-state index contributed by atoms with van der Waals surface area (Å²) in [6.45, 7) is 4.44. The second-order valence-electron chi connectivity index (χ2n) is 5.38. The van der Waals surface area contributed by atoms with Crippen LogP contribution in [-0.2, 0) is 5.54 Å². The largest absolute Gasteiger partial charge is 0.321 e. The van der Waals surface area contributed by atoms with E-state index >= 15 is 0 Å². The standard InChI is InChI=1S/C15H23N/c1-3-13-7-9-15(16,10-8-13)14-6-4-5-12(2)11-14/h4-6,11,13H,3,7-10,16H2,1-2H3. The lowest BCUT2D eigenvalue weighted by atomic mass is 9.72. The number of nitrogens with two attached hydrogens (primary N) is 1. The summed E-state index contributed by atoms with van der Waals surface area (Å²) in [5.41, 5.74) is 9.16. The van der Waals surface area contributed by atoms with E-state index in [1.165, 1.54) is 30.4 Å². The van der Waals surface area contributed by atoms with Gasteiger partial charge in [0.05, 0.1) is 0 Å². The van der Waals surface area contributed by atoms with E-state index in [2.05, 4.69) is 38.1 Å². The fourth-order valence-electron chi connectivity index (χ4n) is 2.84. The Morgan fingerprint density at radius 2 is 2.00 bits per heavy atom. The van der Waals surface area contributed by atoms with Crippen molar-refractivity contribution in [1.29, 1.82) is 0 Å². The number of aryl methyl sites for hydroxylation is 1. The van der Waals surface area contributed by atoms with Gasteiger partial charge in [-0.05, 0) is 44.1 Å². The maximum Gasteiger partial charge on any atom is 0.0409 e. The van der Waals surface area contributed by atoms with Gasteiger partial charge in [0, 0.05) is 5.54 Å². The first-order valence-corrected chi connectivity index (χ1v) is 6.50. The number of hydrogen-bond acceptors (Lipinski definition) is 1. The summed E-state index contributed by atoms with van der Waals surface area (Å²) in [6.07, 6.45) is 6.19. The second-order valence-corrected chi connectivity index (χ2v) is 5.38. The van der Waals surface area contributed by atoms with Gasteiger partial charge in [-0.25, -0.2) is 0 Å². The summed E-state index contributed by atoms with van der Waals surface area (Å²) >= 11 is 0. The summed E-state index contributed by atoms with van der Waals surface area (Å²) in [6, 6.07) is 8.72. The lowest BCUT2D eigenvalue weighted by Crippen LogP contribution is -2.40. The Morgan fingerprint density at radius 3 is 2.56 bits per heavy atom. The van der Waals surface area contributed by atoms with Gasteiger partial charge in [0.2, 0.25) is 0 Å². The molecule has 1 aliphatic rings. The molecule has 0 aliphatic heterocycles. The van der Waals surface area contributed by atoms with Crippen molar-refractivity contribution in [3.8, 4) is 0 Å². The summed E-state index contributed by atoms with van der Waals surface area (Å²) in [5, 5.41) is 0. The highest BCUT2D eigenvalue weighted by atomic mass is 14.7. The summed E-state index contributed by atoms with van der Waals surface area (Å²) in [5.74, 6) is 0.904. The van der Waals surface area contributed by atoms with Crippen LogP contribution in [0, 0.1) is 12.8 Å². The van der Waals surface area contributed by atoms with Crippen molar-refractivity contribution in [2.24, 2.45) is 11.7 Å². The summed E-state index contributed by atoms with van der Waals surface area (Å²) in [4.78, 5) is 0. The maximum atomic E-state index is 6.57. The molecule has 1 saturated carbocycles. The van der Waals surface area contributed by atoms with Crippen LogP contribution in [0.5, 0.6) is 0 Å². The van der Waals surface area contributed by atoms with Crippen molar-refractivity contribution in [3.05, 3.63) is 35.4 Å². The highest BCUT2D eigenvalue weighted by Gasteiger charge is 2.32. The van der Waals surface area contributed by atoms with Crippen LogP contribution in [0.1, 0.15) is 50.2 Å². The van der Waals surface area contributed by atoms with Crippen LogP contribution < -0.4 is 5.73 Å². The molecule has 1 aromatic rings. The van der Waals surface area contributed by atoms with Gasteiger partial charge in [-0.2, -0.15) is 0 Å². The molecule has 1 aliphatic carbocycles. The van der Waals surface area contributed by atoms with Crippen LogP contribution in [0.4, 0.5) is 0 Å². The molecular weight excluding hydrogens is 194 g/mol.